The smallest absolute Gasteiger partial charge is 0.264 e. The largest absolute Gasteiger partial charge is 0.351 e. The minimum atomic E-state index is -0.0943. The van der Waals surface area contributed by atoms with Gasteiger partial charge in [0, 0.05) is 13.0 Å². The zero-order valence-electron chi connectivity index (χ0n) is 8.62. The van der Waals surface area contributed by atoms with Crippen molar-refractivity contribution in [2.45, 2.75) is 26.2 Å². The van der Waals surface area contributed by atoms with Crippen LogP contribution >= 0.6 is 11.5 Å². The lowest BCUT2D eigenvalue weighted by Gasteiger charge is -2.01. The Labute approximate surface area is 93.3 Å². The summed E-state index contributed by atoms with van der Waals surface area (Å²) in [5.74, 6) is 2.47. The van der Waals surface area contributed by atoms with E-state index in [0.717, 1.165) is 30.8 Å². The number of amides is 1. The van der Waals surface area contributed by atoms with Crippen molar-refractivity contribution in [1.29, 1.82) is 0 Å². The molecule has 4 nitrogen and oxygen atoms in total. The Morgan fingerprint density at radius 1 is 1.60 bits per heavy atom. The van der Waals surface area contributed by atoms with Crippen LogP contribution in [-0.2, 0) is 0 Å². The molecule has 1 rings (SSSR count). The third-order valence-electron chi connectivity index (χ3n) is 1.89. The van der Waals surface area contributed by atoms with Gasteiger partial charge in [0.2, 0.25) is 0 Å². The average molecular weight is 223 g/mol. The molecule has 0 saturated heterocycles. The molecule has 1 aromatic rings. The Hall–Kier alpha value is -1.41. The minimum absolute atomic E-state index is 0.0943. The molecule has 1 N–H and O–H groups in total. The van der Waals surface area contributed by atoms with Crippen LogP contribution in [0.4, 0.5) is 0 Å². The van der Waals surface area contributed by atoms with E-state index in [-0.39, 0.29) is 5.91 Å². The summed E-state index contributed by atoms with van der Waals surface area (Å²) in [6.45, 7) is 2.43. The normalized spacial score (nSPS) is 9.60. The third kappa shape index (κ3) is 3.68. The number of terminal acetylenes is 1. The van der Waals surface area contributed by atoms with E-state index in [1.54, 1.807) is 6.92 Å². The van der Waals surface area contributed by atoms with Crippen molar-refractivity contribution >= 4 is 17.4 Å². The van der Waals surface area contributed by atoms with Crippen LogP contribution in [0.3, 0.4) is 0 Å². The minimum Gasteiger partial charge on any atom is -0.351 e. The molecule has 1 amide bonds. The third-order valence-corrected chi connectivity index (χ3v) is 2.72. The number of hydrogen-bond donors (Lipinski definition) is 1. The van der Waals surface area contributed by atoms with Gasteiger partial charge in [-0.1, -0.05) is 4.49 Å². The van der Waals surface area contributed by atoms with E-state index in [1.807, 2.05) is 0 Å². The Bertz CT molecular complexity index is 367. The number of hydrogen-bond acceptors (Lipinski definition) is 4. The van der Waals surface area contributed by atoms with Gasteiger partial charge in [0.15, 0.2) is 0 Å². The lowest BCUT2D eigenvalue weighted by molar-refractivity contribution is 0.0956. The van der Waals surface area contributed by atoms with Crippen molar-refractivity contribution in [3.05, 3.63) is 10.6 Å². The van der Waals surface area contributed by atoms with Crippen molar-refractivity contribution in [3.63, 3.8) is 0 Å². The number of carbonyl (C=O) groups is 1. The quantitative estimate of drug-likeness (QED) is 0.606. The highest BCUT2D eigenvalue weighted by atomic mass is 32.1. The maximum atomic E-state index is 11.5. The van der Waals surface area contributed by atoms with Crippen LogP contribution in [0, 0.1) is 19.3 Å². The van der Waals surface area contributed by atoms with E-state index in [4.69, 9.17) is 6.42 Å². The average Bonchev–Trinajstić information content (AvgIpc) is 2.64. The molecule has 0 unspecified atom stereocenters. The standard InChI is InChI=1S/C10H13N3OS/c1-3-4-5-6-7-11-10(14)9-8(2)12-13-15-9/h1H,4-7H2,2H3,(H,11,14). The van der Waals surface area contributed by atoms with E-state index in [0.29, 0.717) is 17.1 Å². The van der Waals surface area contributed by atoms with Gasteiger partial charge < -0.3 is 5.32 Å². The van der Waals surface area contributed by atoms with Crippen LogP contribution in [0.2, 0.25) is 0 Å². The fourth-order valence-electron chi connectivity index (χ4n) is 1.07. The molecule has 1 aromatic heterocycles. The number of carbonyl (C=O) groups excluding carboxylic acids is 1. The summed E-state index contributed by atoms with van der Waals surface area (Å²) < 4.78 is 3.70. The van der Waals surface area contributed by atoms with E-state index in [2.05, 4.69) is 20.8 Å². The van der Waals surface area contributed by atoms with E-state index in [1.165, 1.54) is 0 Å². The zero-order chi connectivity index (χ0) is 11.1. The molecule has 0 atom stereocenters. The number of nitrogens with one attached hydrogen (secondary N) is 1. The van der Waals surface area contributed by atoms with Crippen LogP contribution < -0.4 is 5.32 Å². The summed E-state index contributed by atoms with van der Waals surface area (Å²) in [6.07, 6.45) is 7.72. The molecule has 0 aromatic carbocycles. The molecule has 0 aliphatic heterocycles. The zero-order valence-corrected chi connectivity index (χ0v) is 9.43. The Kier molecular flexibility index (Phi) is 4.78. The Morgan fingerprint density at radius 3 is 3.00 bits per heavy atom. The molecule has 1 heterocycles. The monoisotopic (exact) mass is 223 g/mol. The molecular formula is C10H13N3OS. The van der Waals surface area contributed by atoms with Gasteiger partial charge >= 0.3 is 0 Å². The van der Waals surface area contributed by atoms with E-state index in [9.17, 15) is 4.79 Å². The number of aryl methyl sites for hydroxylation is 1. The summed E-state index contributed by atoms with van der Waals surface area (Å²) in [4.78, 5) is 12.1. The number of unbranched alkanes of at least 4 members (excludes halogenated alkanes) is 2. The Balaban J connectivity index is 2.26. The highest BCUT2D eigenvalue weighted by molar-refractivity contribution is 7.07. The van der Waals surface area contributed by atoms with Gasteiger partial charge in [-0.05, 0) is 31.3 Å². The molecule has 0 bridgehead atoms. The molecule has 0 spiro atoms. The summed E-state index contributed by atoms with van der Waals surface area (Å²) >= 11 is 1.12. The molecule has 15 heavy (non-hydrogen) atoms. The van der Waals surface area contributed by atoms with Crippen LogP contribution in [0.1, 0.15) is 34.6 Å². The van der Waals surface area contributed by atoms with Crippen LogP contribution in [0.5, 0.6) is 0 Å². The lowest BCUT2D eigenvalue weighted by atomic mass is 10.2. The molecular weight excluding hydrogens is 210 g/mol. The predicted molar refractivity (Wildman–Crippen MR) is 59.7 cm³/mol. The van der Waals surface area contributed by atoms with Crippen LogP contribution in [0.25, 0.3) is 0 Å². The predicted octanol–water partition coefficient (Wildman–Crippen LogP) is 1.38. The highest BCUT2D eigenvalue weighted by Gasteiger charge is 2.11. The van der Waals surface area contributed by atoms with Crippen molar-refractivity contribution in [2.24, 2.45) is 0 Å². The van der Waals surface area contributed by atoms with Crippen molar-refractivity contribution in [1.82, 2.24) is 14.9 Å². The first-order valence-corrected chi connectivity index (χ1v) is 5.53. The maximum Gasteiger partial charge on any atom is 0.264 e. The summed E-state index contributed by atoms with van der Waals surface area (Å²) in [5.41, 5.74) is 0.682. The summed E-state index contributed by atoms with van der Waals surface area (Å²) in [7, 11) is 0. The second-order valence-electron chi connectivity index (χ2n) is 3.10. The highest BCUT2D eigenvalue weighted by Crippen LogP contribution is 2.08. The first kappa shape index (κ1) is 11.7. The SMILES string of the molecule is C#CCCCCNC(=O)c1snnc1C. The Morgan fingerprint density at radius 2 is 2.40 bits per heavy atom. The van der Waals surface area contributed by atoms with Crippen molar-refractivity contribution in [3.8, 4) is 12.3 Å². The number of rotatable bonds is 5. The topological polar surface area (TPSA) is 54.9 Å². The van der Waals surface area contributed by atoms with Gasteiger partial charge in [-0.25, -0.2) is 0 Å². The molecule has 5 heteroatoms. The van der Waals surface area contributed by atoms with E-state index >= 15 is 0 Å². The molecule has 80 valence electrons. The van der Waals surface area contributed by atoms with Crippen molar-refractivity contribution < 1.29 is 4.79 Å². The van der Waals surface area contributed by atoms with Crippen LogP contribution in [-0.4, -0.2) is 22.0 Å². The van der Waals surface area contributed by atoms with Gasteiger partial charge in [-0.15, -0.1) is 17.4 Å². The summed E-state index contributed by atoms with van der Waals surface area (Å²) in [6, 6.07) is 0. The first-order valence-electron chi connectivity index (χ1n) is 4.76. The lowest BCUT2D eigenvalue weighted by Crippen LogP contribution is -2.24. The van der Waals surface area contributed by atoms with Gasteiger partial charge in [-0.3, -0.25) is 4.79 Å². The van der Waals surface area contributed by atoms with Crippen LogP contribution in [0.15, 0.2) is 0 Å². The first-order chi connectivity index (χ1) is 7.25. The maximum absolute atomic E-state index is 11.5. The molecule has 0 aliphatic carbocycles. The van der Waals surface area contributed by atoms with E-state index < -0.39 is 0 Å². The van der Waals surface area contributed by atoms with Gasteiger partial charge in [0.05, 0.1) is 5.69 Å². The second-order valence-corrected chi connectivity index (χ2v) is 3.86. The fraction of sp³-hybridized carbons (Fsp3) is 0.500. The number of nitrogens with zero attached hydrogens (tertiary/aromatic N) is 2. The van der Waals surface area contributed by atoms with Gasteiger partial charge in [0.25, 0.3) is 5.91 Å². The molecule has 0 fully saturated rings. The number of aromatic nitrogens is 2. The molecule has 0 aliphatic rings. The summed E-state index contributed by atoms with van der Waals surface area (Å²) in [5, 5.41) is 6.58. The second kappa shape index (κ2) is 6.14. The molecule has 0 saturated carbocycles. The molecule has 0 radical (unpaired) electrons. The van der Waals surface area contributed by atoms with Gasteiger partial charge in [-0.2, -0.15) is 0 Å². The van der Waals surface area contributed by atoms with Crippen molar-refractivity contribution in [2.75, 3.05) is 6.54 Å². The van der Waals surface area contributed by atoms with Gasteiger partial charge in [0.1, 0.15) is 4.88 Å². The fourth-order valence-corrected chi connectivity index (χ4v) is 1.65.